The average Bonchev–Trinajstić information content (AvgIpc) is 2.86. The highest BCUT2D eigenvalue weighted by atomic mass is 32.2. The summed E-state index contributed by atoms with van der Waals surface area (Å²) in [5, 5.41) is -0.603. The second-order valence-corrected chi connectivity index (χ2v) is 10.4. The van der Waals surface area contributed by atoms with Gasteiger partial charge >= 0.3 is 0 Å². The summed E-state index contributed by atoms with van der Waals surface area (Å²) < 4.78 is 50.6. The van der Waals surface area contributed by atoms with Gasteiger partial charge in [0.1, 0.15) is 0 Å². The first-order chi connectivity index (χ1) is 9.96. The zero-order chi connectivity index (χ0) is 16.9. The molecule has 0 saturated carbocycles. The summed E-state index contributed by atoms with van der Waals surface area (Å²) in [6.07, 6.45) is 1.53. The Morgan fingerprint density at radius 1 is 1.00 bits per heavy atom. The van der Waals surface area contributed by atoms with Crippen molar-refractivity contribution in [1.29, 1.82) is 0 Å². The van der Waals surface area contributed by atoms with Gasteiger partial charge in [0.25, 0.3) is 0 Å². The van der Waals surface area contributed by atoms with Crippen LogP contribution in [-0.4, -0.2) is 45.7 Å². The van der Waals surface area contributed by atoms with Gasteiger partial charge in [-0.3, -0.25) is 0 Å². The lowest BCUT2D eigenvalue weighted by Crippen LogP contribution is -2.32. The van der Waals surface area contributed by atoms with Gasteiger partial charge < -0.3 is 0 Å². The van der Waals surface area contributed by atoms with Gasteiger partial charge in [0, 0.05) is 19.3 Å². The minimum Gasteiger partial charge on any atom is -0.229 e. The molecule has 1 fully saturated rings. The van der Waals surface area contributed by atoms with Crippen LogP contribution in [0, 0.1) is 27.7 Å². The van der Waals surface area contributed by atoms with Gasteiger partial charge in [-0.05, 0) is 56.4 Å². The highest BCUT2D eigenvalue weighted by molar-refractivity contribution is 7.91. The molecule has 0 aliphatic carbocycles. The van der Waals surface area contributed by atoms with Crippen molar-refractivity contribution in [2.45, 2.75) is 44.3 Å². The Balaban J connectivity index is 2.50. The summed E-state index contributed by atoms with van der Waals surface area (Å²) in [4.78, 5) is 0.333. The van der Waals surface area contributed by atoms with Crippen LogP contribution < -0.4 is 0 Å². The maximum atomic E-state index is 13.0. The number of hydrogen-bond acceptors (Lipinski definition) is 4. The van der Waals surface area contributed by atoms with Crippen molar-refractivity contribution in [2.75, 3.05) is 19.3 Å². The number of rotatable bonds is 3. The van der Waals surface area contributed by atoms with Crippen molar-refractivity contribution in [1.82, 2.24) is 4.31 Å². The Kier molecular flexibility index (Phi) is 4.45. The van der Waals surface area contributed by atoms with E-state index < -0.39 is 25.1 Å². The smallest absolute Gasteiger partial charge is 0.229 e. The SMILES string of the molecule is Cc1cc(C)c(C)c(S(=O)(=O)N2CC[C@H](S(C)(=O)=O)C2)c1C. The molecule has 124 valence electrons. The van der Waals surface area contributed by atoms with Crippen LogP contribution in [0.3, 0.4) is 0 Å². The molecule has 2 rings (SSSR count). The fourth-order valence-corrected chi connectivity index (χ4v) is 6.12. The van der Waals surface area contributed by atoms with Crippen molar-refractivity contribution < 1.29 is 16.8 Å². The van der Waals surface area contributed by atoms with Gasteiger partial charge in [0.15, 0.2) is 9.84 Å². The van der Waals surface area contributed by atoms with E-state index in [1.807, 2.05) is 19.9 Å². The molecule has 0 radical (unpaired) electrons. The number of benzene rings is 1. The predicted molar refractivity (Wildman–Crippen MR) is 87.4 cm³/mol. The number of aryl methyl sites for hydroxylation is 2. The van der Waals surface area contributed by atoms with Gasteiger partial charge in [0.2, 0.25) is 10.0 Å². The summed E-state index contributed by atoms with van der Waals surface area (Å²) in [5.74, 6) is 0. The zero-order valence-corrected chi connectivity index (χ0v) is 15.3. The molecule has 1 heterocycles. The van der Waals surface area contributed by atoms with E-state index in [1.165, 1.54) is 10.6 Å². The van der Waals surface area contributed by atoms with Crippen LogP contribution in [0.4, 0.5) is 0 Å². The predicted octanol–water partition coefficient (Wildman–Crippen LogP) is 1.73. The van der Waals surface area contributed by atoms with Crippen LogP contribution in [0.5, 0.6) is 0 Å². The molecule has 22 heavy (non-hydrogen) atoms. The van der Waals surface area contributed by atoms with Crippen molar-refractivity contribution >= 4 is 19.9 Å². The van der Waals surface area contributed by atoms with E-state index in [9.17, 15) is 16.8 Å². The van der Waals surface area contributed by atoms with Gasteiger partial charge in [0.05, 0.1) is 10.1 Å². The minimum atomic E-state index is -3.67. The number of nitrogens with zero attached hydrogens (tertiary/aromatic N) is 1. The Labute approximate surface area is 133 Å². The molecule has 0 amide bonds. The van der Waals surface area contributed by atoms with Crippen LogP contribution in [0.2, 0.25) is 0 Å². The molecule has 1 saturated heterocycles. The summed E-state index contributed by atoms with van der Waals surface area (Å²) in [6, 6.07) is 1.98. The molecular weight excluding hydrogens is 322 g/mol. The van der Waals surface area contributed by atoms with Gasteiger partial charge in [-0.15, -0.1) is 0 Å². The van der Waals surface area contributed by atoms with Crippen LogP contribution >= 0.6 is 0 Å². The quantitative estimate of drug-likeness (QED) is 0.836. The van der Waals surface area contributed by atoms with Gasteiger partial charge in [-0.2, -0.15) is 4.31 Å². The first-order valence-electron chi connectivity index (χ1n) is 7.22. The van der Waals surface area contributed by atoms with Gasteiger partial charge in [-0.1, -0.05) is 6.07 Å². The molecule has 0 unspecified atom stereocenters. The first-order valence-corrected chi connectivity index (χ1v) is 10.6. The summed E-state index contributed by atoms with van der Waals surface area (Å²) >= 11 is 0. The Hall–Kier alpha value is -0.920. The van der Waals surface area contributed by atoms with Crippen molar-refractivity contribution in [2.24, 2.45) is 0 Å². The third kappa shape index (κ3) is 2.94. The van der Waals surface area contributed by atoms with Crippen LogP contribution in [0.25, 0.3) is 0 Å². The van der Waals surface area contributed by atoms with Crippen molar-refractivity contribution in [3.05, 3.63) is 28.3 Å². The fourth-order valence-electron chi connectivity index (χ4n) is 2.96. The van der Waals surface area contributed by atoms with E-state index in [4.69, 9.17) is 0 Å². The summed E-state index contributed by atoms with van der Waals surface area (Å²) in [6.45, 7) is 7.70. The van der Waals surface area contributed by atoms with Crippen LogP contribution in [0.15, 0.2) is 11.0 Å². The minimum absolute atomic E-state index is 0.0486. The molecule has 5 nitrogen and oxygen atoms in total. The van der Waals surface area contributed by atoms with E-state index in [1.54, 1.807) is 13.8 Å². The molecule has 1 aliphatic rings. The summed E-state index contributed by atoms with van der Waals surface area (Å²) in [7, 11) is -6.89. The molecule has 0 bridgehead atoms. The van der Waals surface area contributed by atoms with Gasteiger partial charge in [-0.25, -0.2) is 16.8 Å². The topological polar surface area (TPSA) is 71.5 Å². The van der Waals surface area contributed by atoms with Crippen molar-refractivity contribution in [3.63, 3.8) is 0 Å². The maximum absolute atomic E-state index is 13.0. The lowest BCUT2D eigenvalue weighted by atomic mass is 10.0. The molecule has 0 aromatic heterocycles. The lowest BCUT2D eigenvalue weighted by molar-refractivity contribution is 0.475. The monoisotopic (exact) mass is 345 g/mol. The molecule has 0 N–H and O–H groups in total. The number of hydrogen-bond donors (Lipinski definition) is 0. The lowest BCUT2D eigenvalue weighted by Gasteiger charge is -2.21. The second kappa shape index (κ2) is 5.62. The maximum Gasteiger partial charge on any atom is 0.243 e. The normalized spacial score (nSPS) is 20.5. The van der Waals surface area contributed by atoms with E-state index in [2.05, 4.69) is 0 Å². The number of sulfone groups is 1. The Morgan fingerprint density at radius 2 is 1.50 bits per heavy atom. The fraction of sp³-hybridized carbons (Fsp3) is 0.600. The standard InChI is InChI=1S/C15H23NO4S2/c1-10-8-11(2)13(4)15(12(10)3)22(19,20)16-7-6-14(9-16)21(5,17)18/h8,14H,6-7,9H2,1-5H3/t14-/m0/s1. The largest absolute Gasteiger partial charge is 0.243 e. The van der Waals surface area contributed by atoms with Crippen LogP contribution in [-0.2, 0) is 19.9 Å². The summed E-state index contributed by atoms with van der Waals surface area (Å²) in [5.41, 5.74) is 3.35. The third-order valence-electron chi connectivity index (χ3n) is 4.61. The van der Waals surface area contributed by atoms with E-state index in [-0.39, 0.29) is 13.1 Å². The van der Waals surface area contributed by atoms with E-state index in [0.29, 0.717) is 11.3 Å². The Morgan fingerprint density at radius 3 is 1.91 bits per heavy atom. The Bertz CT molecular complexity index is 784. The molecule has 0 spiro atoms. The van der Waals surface area contributed by atoms with E-state index >= 15 is 0 Å². The zero-order valence-electron chi connectivity index (χ0n) is 13.7. The third-order valence-corrected chi connectivity index (χ3v) is 8.34. The van der Waals surface area contributed by atoms with E-state index in [0.717, 1.165) is 22.3 Å². The molecule has 1 atom stereocenters. The first kappa shape index (κ1) is 17.4. The average molecular weight is 345 g/mol. The van der Waals surface area contributed by atoms with Crippen molar-refractivity contribution in [3.8, 4) is 0 Å². The molecule has 1 aromatic carbocycles. The molecule has 1 aromatic rings. The highest BCUT2D eigenvalue weighted by Gasteiger charge is 2.38. The molecule has 1 aliphatic heterocycles. The molecular formula is C15H23NO4S2. The number of sulfonamides is 1. The highest BCUT2D eigenvalue weighted by Crippen LogP contribution is 2.31. The second-order valence-electron chi connectivity index (χ2n) is 6.19. The molecule has 7 heteroatoms. The van der Waals surface area contributed by atoms with Crippen LogP contribution in [0.1, 0.15) is 28.7 Å².